The SMILES string of the molecule is CCCc1cccc(-c2ccc(C(=O)O)cc2C)c1. The summed E-state index contributed by atoms with van der Waals surface area (Å²) in [6, 6.07) is 13.7. The Labute approximate surface area is 113 Å². The highest BCUT2D eigenvalue weighted by Crippen LogP contribution is 2.25. The molecular weight excluding hydrogens is 236 g/mol. The maximum atomic E-state index is 10.9. The van der Waals surface area contributed by atoms with Crippen molar-refractivity contribution in [2.75, 3.05) is 0 Å². The molecule has 0 amide bonds. The standard InChI is InChI=1S/C17H18O2/c1-3-5-13-6-4-7-14(11-13)16-9-8-15(17(18)19)10-12(16)2/h4,6-11H,3,5H2,1-2H3,(H,18,19). The van der Waals surface area contributed by atoms with Gasteiger partial charge in [-0.15, -0.1) is 0 Å². The lowest BCUT2D eigenvalue weighted by molar-refractivity contribution is 0.0697. The molecule has 0 aromatic heterocycles. The molecule has 0 bridgehead atoms. The molecule has 2 heteroatoms. The van der Waals surface area contributed by atoms with E-state index in [0.29, 0.717) is 5.56 Å². The van der Waals surface area contributed by atoms with Gasteiger partial charge < -0.3 is 5.11 Å². The molecule has 0 aliphatic carbocycles. The Hall–Kier alpha value is -2.09. The molecule has 0 fully saturated rings. The van der Waals surface area contributed by atoms with Gasteiger partial charge in [-0.05, 0) is 47.7 Å². The second kappa shape index (κ2) is 5.70. The Morgan fingerprint density at radius 1 is 1.16 bits per heavy atom. The summed E-state index contributed by atoms with van der Waals surface area (Å²) < 4.78 is 0. The minimum absolute atomic E-state index is 0.339. The molecule has 0 saturated carbocycles. The van der Waals surface area contributed by atoms with E-state index in [2.05, 4.69) is 31.2 Å². The van der Waals surface area contributed by atoms with Crippen LogP contribution in [0, 0.1) is 6.92 Å². The van der Waals surface area contributed by atoms with Crippen molar-refractivity contribution in [2.45, 2.75) is 26.7 Å². The van der Waals surface area contributed by atoms with Gasteiger partial charge in [0.2, 0.25) is 0 Å². The maximum Gasteiger partial charge on any atom is 0.335 e. The third kappa shape index (κ3) is 3.02. The predicted molar refractivity (Wildman–Crippen MR) is 77.6 cm³/mol. The molecule has 19 heavy (non-hydrogen) atoms. The van der Waals surface area contributed by atoms with Crippen LogP contribution >= 0.6 is 0 Å². The number of hydrogen-bond donors (Lipinski definition) is 1. The summed E-state index contributed by atoms with van der Waals surface area (Å²) in [7, 11) is 0. The van der Waals surface area contributed by atoms with Crippen molar-refractivity contribution in [3.05, 3.63) is 59.2 Å². The summed E-state index contributed by atoms with van der Waals surface area (Å²) in [6.07, 6.45) is 2.19. The molecule has 1 N–H and O–H groups in total. The first-order valence-electron chi connectivity index (χ1n) is 6.55. The van der Waals surface area contributed by atoms with Crippen LogP contribution in [0.25, 0.3) is 11.1 Å². The zero-order valence-electron chi connectivity index (χ0n) is 11.3. The molecule has 0 spiro atoms. The normalized spacial score (nSPS) is 10.4. The molecule has 0 aliphatic rings. The first kappa shape index (κ1) is 13.3. The third-order valence-corrected chi connectivity index (χ3v) is 3.25. The molecule has 0 unspecified atom stereocenters. The molecule has 98 valence electrons. The highest BCUT2D eigenvalue weighted by atomic mass is 16.4. The lowest BCUT2D eigenvalue weighted by Gasteiger charge is -2.09. The van der Waals surface area contributed by atoms with Gasteiger partial charge in [-0.2, -0.15) is 0 Å². The van der Waals surface area contributed by atoms with Gasteiger partial charge in [0, 0.05) is 0 Å². The van der Waals surface area contributed by atoms with E-state index in [0.717, 1.165) is 29.5 Å². The second-order valence-electron chi connectivity index (χ2n) is 4.79. The van der Waals surface area contributed by atoms with Crippen LogP contribution in [-0.4, -0.2) is 11.1 Å². The Bertz CT molecular complexity index is 600. The molecule has 2 nitrogen and oxygen atoms in total. The molecule has 2 aromatic carbocycles. The molecular formula is C17H18O2. The Balaban J connectivity index is 2.41. The summed E-state index contributed by atoms with van der Waals surface area (Å²) in [5.41, 5.74) is 4.91. The van der Waals surface area contributed by atoms with E-state index in [1.54, 1.807) is 12.1 Å². The predicted octanol–water partition coefficient (Wildman–Crippen LogP) is 4.31. The lowest BCUT2D eigenvalue weighted by atomic mass is 9.96. The van der Waals surface area contributed by atoms with Crippen molar-refractivity contribution >= 4 is 5.97 Å². The van der Waals surface area contributed by atoms with Gasteiger partial charge in [-0.1, -0.05) is 43.7 Å². The summed E-state index contributed by atoms with van der Waals surface area (Å²) >= 11 is 0. The van der Waals surface area contributed by atoms with Crippen LogP contribution in [0.2, 0.25) is 0 Å². The average Bonchev–Trinajstić information content (AvgIpc) is 2.39. The molecule has 2 rings (SSSR count). The minimum Gasteiger partial charge on any atom is -0.478 e. The number of benzene rings is 2. The van der Waals surface area contributed by atoms with Gasteiger partial charge in [-0.25, -0.2) is 4.79 Å². The number of aromatic carboxylic acids is 1. The fourth-order valence-corrected chi connectivity index (χ4v) is 2.30. The van der Waals surface area contributed by atoms with Crippen LogP contribution in [0.3, 0.4) is 0 Å². The third-order valence-electron chi connectivity index (χ3n) is 3.25. The Morgan fingerprint density at radius 2 is 1.95 bits per heavy atom. The van der Waals surface area contributed by atoms with E-state index < -0.39 is 5.97 Å². The van der Waals surface area contributed by atoms with Crippen molar-refractivity contribution in [3.63, 3.8) is 0 Å². The van der Waals surface area contributed by atoms with Gasteiger partial charge in [0.1, 0.15) is 0 Å². The second-order valence-corrected chi connectivity index (χ2v) is 4.79. The average molecular weight is 254 g/mol. The molecule has 0 aliphatic heterocycles. The zero-order chi connectivity index (χ0) is 13.8. The molecule has 0 saturated heterocycles. The van der Waals surface area contributed by atoms with Crippen molar-refractivity contribution in [2.24, 2.45) is 0 Å². The Kier molecular flexibility index (Phi) is 4.00. The molecule has 0 heterocycles. The molecule has 2 aromatic rings. The topological polar surface area (TPSA) is 37.3 Å². The minimum atomic E-state index is -0.880. The van der Waals surface area contributed by atoms with E-state index >= 15 is 0 Å². The molecule has 0 atom stereocenters. The largest absolute Gasteiger partial charge is 0.478 e. The number of carboxylic acid groups (broad SMARTS) is 1. The van der Waals surface area contributed by atoms with Gasteiger partial charge in [-0.3, -0.25) is 0 Å². The van der Waals surface area contributed by atoms with E-state index in [9.17, 15) is 4.79 Å². The summed E-state index contributed by atoms with van der Waals surface area (Å²) in [5.74, 6) is -0.880. The lowest BCUT2D eigenvalue weighted by Crippen LogP contribution is -1.97. The number of carbonyl (C=O) groups is 1. The quantitative estimate of drug-likeness (QED) is 0.882. The number of aryl methyl sites for hydroxylation is 2. The summed E-state index contributed by atoms with van der Waals surface area (Å²) in [6.45, 7) is 4.12. The van der Waals surface area contributed by atoms with Crippen LogP contribution < -0.4 is 0 Å². The maximum absolute atomic E-state index is 10.9. The van der Waals surface area contributed by atoms with E-state index in [1.807, 2.05) is 13.0 Å². The van der Waals surface area contributed by atoms with Crippen LogP contribution in [0.5, 0.6) is 0 Å². The van der Waals surface area contributed by atoms with Crippen molar-refractivity contribution in [1.82, 2.24) is 0 Å². The van der Waals surface area contributed by atoms with Crippen molar-refractivity contribution < 1.29 is 9.90 Å². The van der Waals surface area contributed by atoms with E-state index in [1.165, 1.54) is 5.56 Å². The fraction of sp³-hybridized carbons (Fsp3) is 0.235. The van der Waals surface area contributed by atoms with Crippen LogP contribution in [0.15, 0.2) is 42.5 Å². The highest BCUT2D eigenvalue weighted by molar-refractivity contribution is 5.89. The van der Waals surface area contributed by atoms with Crippen LogP contribution in [0.4, 0.5) is 0 Å². The Morgan fingerprint density at radius 3 is 2.58 bits per heavy atom. The number of rotatable bonds is 4. The van der Waals surface area contributed by atoms with Gasteiger partial charge in [0.15, 0.2) is 0 Å². The van der Waals surface area contributed by atoms with E-state index in [4.69, 9.17) is 5.11 Å². The summed E-state index contributed by atoms with van der Waals surface area (Å²) in [4.78, 5) is 10.9. The monoisotopic (exact) mass is 254 g/mol. The number of hydrogen-bond acceptors (Lipinski definition) is 1. The van der Waals surface area contributed by atoms with Crippen molar-refractivity contribution in [3.8, 4) is 11.1 Å². The number of carboxylic acids is 1. The first-order valence-corrected chi connectivity index (χ1v) is 6.55. The fourth-order valence-electron chi connectivity index (χ4n) is 2.30. The van der Waals surface area contributed by atoms with Gasteiger partial charge in [0.25, 0.3) is 0 Å². The first-order chi connectivity index (χ1) is 9.11. The van der Waals surface area contributed by atoms with Crippen LogP contribution in [-0.2, 0) is 6.42 Å². The van der Waals surface area contributed by atoms with Gasteiger partial charge >= 0.3 is 5.97 Å². The smallest absolute Gasteiger partial charge is 0.335 e. The van der Waals surface area contributed by atoms with Crippen LogP contribution in [0.1, 0.15) is 34.8 Å². The molecule has 0 radical (unpaired) electrons. The summed E-state index contributed by atoms with van der Waals surface area (Å²) in [5, 5.41) is 8.98. The van der Waals surface area contributed by atoms with Gasteiger partial charge in [0.05, 0.1) is 5.56 Å². The zero-order valence-corrected chi connectivity index (χ0v) is 11.3. The highest BCUT2D eigenvalue weighted by Gasteiger charge is 2.07. The van der Waals surface area contributed by atoms with E-state index in [-0.39, 0.29) is 0 Å². The van der Waals surface area contributed by atoms with Crippen molar-refractivity contribution in [1.29, 1.82) is 0 Å².